The fourth-order valence-electron chi connectivity index (χ4n) is 0.828. The molecule has 1 fully saturated rings. The van der Waals surface area contributed by atoms with Crippen molar-refractivity contribution in [2.45, 2.75) is 18.4 Å². The molecule has 1 heterocycles. The van der Waals surface area contributed by atoms with Gasteiger partial charge in [-0.3, -0.25) is 10.1 Å². The van der Waals surface area contributed by atoms with Crippen molar-refractivity contribution in [3.63, 3.8) is 0 Å². The van der Waals surface area contributed by atoms with E-state index in [1.807, 2.05) is 0 Å². The summed E-state index contributed by atoms with van der Waals surface area (Å²) >= 11 is 1.56. The Morgan fingerprint density at radius 3 is 3.00 bits per heavy atom. The molecule has 2 N–H and O–H groups in total. The van der Waals surface area contributed by atoms with Gasteiger partial charge in [-0.25, -0.2) is 0 Å². The normalized spacial score (nSPS) is 28.4. The van der Waals surface area contributed by atoms with Gasteiger partial charge in [-0.15, -0.1) is 11.8 Å². The summed E-state index contributed by atoms with van der Waals surface area (Å²) in [7, 11) is 0. The molecule has 4 heteroatoms. The lowest BCUT2D eigenvalue weighted by molar-refractivity contribution is -0.126. The second-order valence-electron chi connectivity index (χ2n) is 2.28. The van der Waals surface area contributed by atoms with Gasteiger partial charge in [0.05, 0.1) is 0 Å². The summed E-state index contributed by atoms with van der Waals surface area (Å²) in [5.74, 6) is 0.853. The molecule has 1 aliphatic rings. The minimum atomic E-state index is -0.830. The third-order valence-electron chi connectivity index (χ3n) is 1.39. The van der Waals surface area contributed by atoms with Gasteiger partial charge >= 0.3 is 0 Å². The van der Waals surface area contributed by atoms with Crippen LogP contribution in [0.15, 0.2) is 0 Å². The molecule has 10 heavy (non-hydrogen) atoms. The van der Waals surface area contributed by atoms with E-state index in [1.54, 1.807) is 11.8 Å². The SMILES string of the molecule is CC(O)C(=O)C1NCCS1. The van der Waals surface area contributed by atoms with Crippen molar-refractivity contribution in [1.29, 1.82) is 0 Å². The first kappa shape index (κ1) is 8.04. The van der Waals surface area contributed by atoms with Crippen LogP contribution in [0.3, 0.4) is 0 Å². The molecular formula is C6H11NO2S. The van der Waals surface area contributed by atoms with Crippen molar-refractivity contribution in [3.8, 4) is 0 Å². The Balaban J connectivity index is 2.40. The average Bonchev–Trinajstić information content (AvgIpc) is 2.36. The minimum Gasteiger partial charge on any atom is -0.386 e. The molecule has 58 valence electrons. The van der Waals surface area contributed by atoms with Gasteiger partial charge in [0.2, 0.25) is 0 Å². The third kappa shape index (κ3) is 1.71. The van der Waals surface area contributed by atoms with Crippen molar-refractivity contribution >= 4 is 17.5 Å². The van der Waals surface area contributed by atoms with E-state index in [9.17, 15) is 4.79 Å². The van der Waals surface area contributed by atoms with Crippen molar-refractivity contribution in [3.05, 3.63) is 0 Å². The fraction of sp³-hybridized carbons (Fsp3) is 0.833. The highest BCUT2D eigenvalue weighted by Gasteiger charge is 2.25. The summed E-state index contributed by atoms with van der Waals surface area (Å²) < 4.78 is 0. The van der Waals surface area contributed by atoms with E-state index >= 15 is 0 Å². The van der Waals surface area contributed by atoms with Gasteiger partial charge < -0.3 is 5.11 Å². The lowest BCUT2D eigenvalue weighted by Gasteiger charge is -2.09. The van der Waals surface area contributed by atoms with Crippen molar-refractivity contribution in [1.82, 2.24) is 5.32 Å². The number of rotatable bonds is 2. The highest BCUT2D eigenvalue weighted by molar-refractivity contribution is 8.00. The molecule has 1 saturated heterocycles. The molecule has 0 aromatic carbocycles. The van der Waals surface area contributed by atoms with Gasteiger partial charge in [0.15, 0.2) is 5.78 Å². The Labute approximate surface area is 64.2 Å². The summed E-state index contributed by atoms with van der Waals surface area (Å²) in [5.41, 5.74) is 0. The van der Waals surface area contributed by atoms with Crippen molar-refractivity contribution in [2.75, 3.05) is 12.3 Å². The van der Waals surface area contributed by atoms with Crippen LogP contribution < -0.4 is 5.32 Å². The van der Waals surface area contributed by atoms with E-state index in [2.05, 4.69) is 5.32 Å². The van der Waals surface area contributed by atoms with E-state index in [4.69, 9.17) is 5.11 Å². The number of carbonyl (C=O) groups is 1. The van der Waals surface area contributed by atoms with Crippen LogP contribution in [0.2, 0.25) is 0 Å². The molecule has 0 aliphatic carbocycles. The number of hydrogen-bond acceptors (Lipinski definition) is 4. The minimum absolute atomic E-state index is 0.109. The molecule has 0 spiro atoms. The Bertz CT molecular complexity index is 132. The Morgan fingerprint density at radius 1 is 1.90 bits per heavy atom. The van der Waals surface area contributed by atoms with Crippen molar-refractivity contribution < 1.29 is 9.90 Å². The number of Topliss-reactive ketones (excluding diaryl/α,β-unsaturated/α-hetero) is 1. The first-order valence-corrected chi connectivity index (χ1v) is 4.33. The first-order chi connectivity index (χ1) is 4.72. The van der Waals surface area contributed by atoms with Crippen LogP contribution in [0.4, 0.5) is 0 Å². The van der Waals surface area contributed by atoms with E-state index in [0.717, 1.165) is 12.3 Å². The lowest BCUT2D eigenvalue weighted by Crippen LogP contribution is -2.35. The predicted molar refractivity (Wildman–Crippen MR) is 40.9 cm³/mol. The molecule has 0 aromatic rings. The summed E-state index contributed by atoms with van der Waals surface area (Å²) in [4.78, 5) is 11.0. The van der Waals surface area contributed by atoms with Crippen LogP contribution in [-0.4, -0.2) is 34.7 Å². The first-order valence-electron chi connectivity index (χ1n) is 3.28. The Morgan fingerprint density at radius 2 is 2.60 bits per heavy atom. The maximum atomic E-state index is 11.0. The molecule has 0 saturated carbocycles. The molecular weight excluding hydrogens is 150 g/mol. The van der Waals surface area contributed by atoms with Crippen molar-refractivity contribution in [2.24, 2.45) is 0 Å². The van der Waals surface area contributed by atoms with Gasteiger partial charge in [-0.2, -0.15) is 0 Å². The number of aliphatic hydroxyl groups is 1. The fourth-order valence-corrected chi connectivity index (χ4v) is 1.90. The molecule has 1 aliphatic heterocycles. The van der Waals surface area contributed by atoms with E-state index < -0.39 is 6.10 Å². The van der Waals surface area contributed by atoms with Gasteiger partial charge in [0, 0.05) is 12.3 Å². The lowest BCUT2D eigenvalue weighted by atomic mass is 10.2. The second kappa shape index (κ2) is 3.37. The third-order valence-corrected chi connectivity index (χ3v) is 2.56. The zero-order valence-electron chi connectivity index (χ0n) is 5.83. The summed E-state index contributed by atoms with van der Waals surface area (Å²) in [6, 6.07) is 0. The van der Waals surface area contributed by atoms with E-state index in [-0.39, 0.29) is 11.2 Å². The zero-order chi connectivity index (χ0) is 7.56. The monoisotopic (exact) mass is 161 g/mol. The summed E-state index contributed by atoms with van der Waals surface area (Å²) in [6.45, 7) is 2.37. The molecule has 0 amide bonds. The molecule has 2 unspecified atom stereocenters. The predicted octanol–water partition coefficient (Wildman–Crippen LogP) is -0.401. The number of nitrogens with one attached hydrogen (secondary N) is 1. The largest absolute Gasteiger partial charge is 0.386 e. The topological polar surface area (TPSA) is 49.3 Å². The smallest absolute Gasteiger partial charge is 0.187 e. The van der Waals surface area contributed by atoms with Crippen LogP contribution in [0.1, 0.15) is 6.92 Å². The molecule has 0 bridgehead atoms. The van der Waals surface area contributed by atoms with Crippen LogP contribution in [0.25, 0.3) is 0 Å². The summed E-state index contributed by atoms with van der Waals surface area (Å²) in [5, 5.41) is 11.7. The highest BCUT2D eigenvalue weighted by Crippen LogP contribution is 2.15. The van der Waals surface area contributed by atoms with Gasteiger partial charge in [0.25, 0.3) is 0 Å². The maximum Gasteiger partial charge on any atom is 0.187 e. The Kier molecular flexibility index (Phi) is 2.71. The Hall–Kier alpha value is -0.0600. The number of carbonyl (C=O) groups excluding carboxylic acids is 1. The van der Waals surface area contributed by atoms with Gasteiger partial charge in [-0.1, -0.05) is 0 Å². The zero-order valence-corrected chi connectivity index (χ0v) is 6.65. The van der Waals surface area contributed by atoms with Crippen LogP contribution in [0.5, 0.6) is 0 Å². The van der Waals surface area contributed by atoms with Crippen LogP contribution >= 0.6 is 11.8 Å². The standard InChI is InChI=1S/C6H11NO2S/c1-4(8)5(9)6-7-2-3-10-6/h4,6-8H,2-3H2,1H3. The molecule has 0 radical (unpaired) electrons. The second-order valence-corrected chi connectivity index (χ2v) is 3.50. The van der Waals surface area contributed by atoms with Gasteiger partial charge in [-0.05, 0) is 6.92 Å². The van der Waals surface area contributed by atoms with E-state index in [0.29, 0.717) is 0 Å². The van der Waals surface area contributed by atoms with Gasteiger partial charge in [0.1, 0.15) is 11.5 Å². The maximum absolute atomic E-state index is 11.0. The number of aliphatic hydroxyl groups excluding tert-OH is 1. The van der Waals surface area contributed by atoms with E-state index in [1.165, 1.54) is 6.92 Å². The molecule has 2 atom stereocenters. The number of thioether (sulfide) groups is 1. The quantitative estimate of drug-likeness (QED) is 0.578. The molecule has 1 rings (SSSR count). The van der Waals surface area contributed by atoms with Crippen LogP contribution in [0, 0.1) is 0 Å². The highest BCUT2D eigenvalue weighted by atomic mass is 32.2. The van der Waals surface area contributed by atoms with Crippen LogP contribution in [-0.2, 0) is 4.79 Å². The molecule has 0 aromatic heterocycles. The average molecular weight is 161 g/mol. The number of ketones is 1. The molecule has 3 nitrogen and oxygen atoms in total. The number of hydrogen-bond donors (Lipinski definition) is 2. The summed E-state index contributed by atoms with van der Waals surface area (Å²) in [6.07, 6.45) is -0.830.